The van der Waals surface area contributed by atoms with Gasteiger partial charge in [0.2, 0.25) is 0 Å². The van der Waals surface area contributed by atoms with E-state index in [4.69, 9.17) is 4.74 Å². The van der Waals surface area contributed by atoms with Crippen molar-refractivity contribution in [3.63, 3.8) is 0 Å². The van der Waals surface area contributed by atoms with Gasteiger partial charge >= 0.3 is 0 Å². The lowest BCUT2D eigenvalue weighted by Crippen LogP contribution is -2.08. The van der Waals surface area contributed by atoms with E-state index in [2.05, 4.69) is 22.4 Å². The Balaban J connectivity index is 1.88. The van der Waals surface area contributed by atoms with E-state index in [0.717, 1.165) is 36.2 Å². The van der Waals surface area contributed by atoms with Gasteiger partial charge in [0.15, 0.2) is 0 Å². The van der Waals surface area contributed by atoms with Gasteiger partial charge in [0.25, 0.3) is 0 Å². The van der Waals surface area contributed by atoms with Crippen molar-refractivity contribution in [1.82, 2.24) is 10.3 Å². The molecule has 1 N–H and O–H groups in total. The first-order valence-corrected chi connectivity index (χ1v) is 6.53. The molecule has 0 unspecified atom stereocenters. The van der Waals surface area contributed by atoms with Crippen molar-refractivity contribution in [3.05, 3.63) is 36.5 Å². The summed E-state index contributed by atoms with van der Waals surface area (Å²) in [6, 6.07) is 10.1. The Labute approximate surface area is 108 Å². The molecule has 0 saturated heterocycles. The minimum absolute atomic E-state index is 0.763. The van der Waals surface area contributed by atoms with E-state index in [0.29, 0.717) is 0 Å². The highest BCUT2D eigenvalue weighted by molar-refractivity contribution is 5.84. The highest BCUT2D eigenvalue weighted by atomic mass is 16.5. The molecule has 3 heteroatoms. The zero-order valence-corrected chi connectivity index (χ0v) is 10.9. The maximum absolute atomic E-state index is 5.82. The van der Waals surface area contributed by atoms with Crippen LogP contribution in [0, 0.1) is 0 Å². The molecule has 1 aromatic carbocycles. The van der Waals surface area contributed by atoms with E-state index in [9.17, 15) is 0 Å². The van der Waals surface area contributed by atoms with Crippen LogP contribution in [0.3, 0.4) is 0 Å². The van der Waals surface area contributed by atoms with Gasteiger partial charge in [-0.25, -0.2) is 0 Å². The SMILES string of the molecule is CNCCCCCOc1cccc2cccnc12. The first kappa shape index (κ1) is 12.8. The molecule has 0 atom stereocenters. The van der Waals surface area contributed by atoms with Gasteiger partial charge in [-0.3, -0.25) is 4.98 Å². The highest BCUT2D eigenvalue weighted by Crippen LogP contribution is 2.22. The molecule has 0 aliphatic rings. The maximum Gasteiger partial charge on any atom is 0.145 e. The molecule has 0 bridgehead atoms. The zero-order valence-electron chi connectivity index (χ0n) is 10.9. The number of unbranched alkanes of at least 4 members (excludes halogenated alkanes) is 2. The topological polar surface area (TPSA) is 34.1 Å². The van der Waals surface area contributed by atoms with Crippen molar-refractivity contribution in [3.8, 4) is 5.75 Å². The third-order valence-electron chi connectivity index (χ3n) is 2.92. The second-order valence-corrected chi connectivity index (χ2v) is 4.34. The molecule has 2 rings (SSSR count). The lowest BCUT2D eigenvalue weighted by atomic mass is 10.2. The van der Waals surface area contributed by atoms with Crippen LogP contribution in [0.1, 0.15) is 19.3 Å². The molecule has 1 aromatic heterocycles. The van der Waals surface area contributed by atoms with Gasteiger partial charge in [-0.05, 0) is 45.0 Å². The first-order chi connectivity index (χ1) is 8.92. The number of fused-ring (bicyclic) bond motifs is 1. The molecule has 3 nitrogen and oxygen atoms in total. The Morgan fingerprint density at radius 1 is 1.11 bits per heavy atom. The number of rotatable bonds is 7. The normalized spacial score (nSPS) is 10.7. The number of nitrogens with one attached hydrogen (secondary N) is 1. The van der Waals surface area contributed by atoms with E-state index in [1.807, 2.05) is 31.4 Å². The third kappa shape index (κ3) is 3.44. The Kier molecular flexibility index (Phi) is 4.97. The molecule has 0 saturated carbocycles. The van der Waals surface area contributed by atoms with Gasteiger partial charge < -0.3 is 10.1 Å². The molecule has 0 amide bonds. The van der Waals surface area contributed by atoms with Crippen LogP contribution in [0.2, 0.25) is 0 Å². The summed E-state index contributed by atoms with van der Waals surface area (Å²) in [5, 5.41) is 4.28. The quantitative estimate of drug-likeness (QED) is 0.760. The molecule has 0 spiro atoms. The Morgan fingerprint density at radius 3 is 2.89 bits per heavy atom. The lowest BCUT2D eigenvalue weighted by molar-refractivity contribution is 0.308. The number of para-hydroxylation sites is 1. The third-order valence-corrected chi connectivity index (χ3v) is 2.92. The van der Waals surface area contributed by atoms with E-state index in [1.54, 1.807) is 0 Å². The molecular weight excluding hydrogens is 224 g/mol. The predicted octanol–water partition coefficient (Wildman–Crippen LogP) is 3.00. The van der Waals surface area contributed by atoms with Crippen LogP contribution in [0.4, 0.5) is 0 Å². The molecule has 2 aromatic rings. The number of ether oxygens (including phenoxy) is 1. The summed E-state index contributed by atoms with van der Waals surface area (Å²) >= 11 is 0. The number of hydrogen-bond acceptors (Lipinski definition) is 3. The smallest absolute Gasteiger partial charge is 0.145 e. The number of benzene rings is 1. The molecule has 1 heterocycles. The second kappa shape index (κ2) is 6.97. The van der Waals surface area contributed by atoms with Gasteiger partial charge in [-0.15, -0.1) is 0 Å². The number of pyridine rings is 1. The van der Waals surface area contributed by atoms with Crippen LogP contribution in [-0.2, 0) is 0 Å². The Morgan fingerprint density at radius 2 is 2.00 bits per heavy atom. The molecule has 0 radical (unpaired) electrons. The molecule has 0 fully saturated rings. The Hall–Kier alpha value is -1.61. The molecular formula is C15H20N2O. The summed E-state index contributed by atoms with van der Waals surface area (Å²) in [5.41, 5.74) is 0.954. The molecule has 18 heavy (non-hydrogen) atoms. The van der Waals surface area contributed by atoms with E-state index < -0.39 is 0 Å². The van der Waals surface area contributed by atoms with Gasteiger partial charge in [-0.2, -0.15) is 0 Å². The van der Waals surface area contributed by atoms with E-state index in [-0.39, 0.29) is 0 Å². The van der Waals surface area contributed by atoms with Crippen LogP contribution in [0.25, 0.3) is 10.9 Å². The largest absolute Gasteiger partial charge is 0.491 e. The van der Waals surface area contributed by atoms with E-state index in [1.165, 1.54) is 12.8 Å². The minimum Gasteiger partial charge on any atom is -0.491 e. The molecule has 0 aliphatic carbocycles. The number of nitrogens with zero attached hydrogens (tertiary/aromatic N) is 1. The van der Waals surface area contributed by atoms with Crippen LogP contribution < -0.4 is 10.1 Å². The summed E-state index contributed by atoms with van der Waals surface area (Å²) in [7, 11) is 1.98. The van der Waals surface area contributed by atoms with Gasteiger partial charge in [0, 0.05) is 11.6 Å². The number of aromatic nitrogens is 1. The van der Waals surface area contributed by atoms with Crippen molar-refractivity contribution in [2.75, 3.05) is 20.2 Å². The fourth-order valence-corrected chi connectivity index (χ4v) is 1.96. The minimum atomic E-state index is 0.763. The number of hydrogen-bond donors (Lipinski definition) is 1. The standard InChI is InChI=1S/C15H20N2O/c1-16-10-3-2-4-12-18-14-9-5-7-13-8-6-11-17-15(13)14/h5-9,11,16H,2-4,10,12H2,1H3. The highest BCUT2D eigenvalue weighted by Gasteiger charge is 2.01. The fraction of sp³-hybridized carbons (Fsp3) is 0.400. The fourth-order valence-electron chi connectivity index (χ4n) is 1.96. The van der Waals surface area contributed by atoms with Crippen molar-refractivity contribution in [2.45, 2.75) is 19.3 Å². The van der Waals surface area contributed by atoms with Crippen molar-refractivity contribution >= 4 is 10.9 Å². The van der Waals surface area contributed by atoms with Crippen LogP contribution in [0.5, 0.6) is 5.75 Å². The lowest BCUT2D eigenvalue weighted by Gasteiger charge is -2.08. The van der Waals surface area contributed by atoms with Crippen LogP contribution in [0.15, 0.2) is 36.5 Å². The van der Waals surface area contributed by atoms with Gasteiger partial charge in [0.1, 0.15) is 11.3 Å². The summed E-state index contributed by atoms with van der Waals surface area (Å²) in [6.07, 6.45) is 5.29. The van der Waals surface area contributed by atoms with Crippen LogP contribution >= 0.6 is 0 Å². The van der Waals surface area contributed by atoms with E-state index >= 15 is 0 Å². The zero-order chi connectivity index (χ0) is 12.6. The summed E-state index contributed by atoms with van der Waals surface area (Å²) in [4.78, 5) is 4.37. The predicted molar refractivity (Wildman–Crippen MR) is 75.0 cm³/mol. The van der Waals surface area contributed by atoms with Crippen LogP contribution in [-0.4, -0.2) is 25.2 Å². The molecule has 0 aliphatic heterocycles. The Bertz CT molecular complexity index is 479. The first-order valence-electron chi connectivity index (χ1n) is 6.53. The van der Waals surface area contributed by atoms with Crippen molar-refractivity contribution < 1.29 is 4.74 Å². The summed E-state index contributed by atoms with van der Waals surface area (Å²) < 4.78 is 5.82. The summed E-state index contributed by atoms with van der Waals surface area (Å²) in [5.74, 6) is 0.890. The van der Waals surface area contributed by atoms with Gasteiger partial charge in [-0.1, -0.05) is 18.2 Å². The van der Waals surface area contributed by atoms with Gasteiger partial charge in [0.05, 0.1) is 6.61 Å². The van der Waals surface area contributed by atoms with Crippen molar-refractivity contribution in [2.24, 2.45) is 0 Å². The monoisotopic (exact) mass is 244 g/mol. The second-order valence-electron chi connectivity index (χ2n) is 4.34. The molecule has 96 valence electrons. The average Bonchev–Trinajstić information content (AvgIpc) is 2.43. The average molecular weight is 244 g/mol. The summed E-state index contributed by atoms with van der Waals surface area (Å²) in [6.45, 7) is 1.84. The van der Waals surface area contributed by atoms with Crippen molar-refractivity contribution in [1.29, 1.82) is 0 Å². The maximum atomic E-state index is 5.82.